The Kier molecular flexibility index (Phi) is 6.26. The van der Waals surface area contributed by atoms with E-state index in [1.165, 1.54) is 0 Å². The Labute approximate surface area is 139 Å². The fourth-order valence-electron chi connectivity index (χ4n) is 1.80. The molecule has 1 aromatic carbocycles. The van der Waals surface area contributed by atoms with Crippen LogP contribution in [-0.4, -0.2) is 30.5 Å². The van der Waals surface area contributed by atoms with Gasteiger partial charge in [-0.05, 0) is 25.1 Å². The maximum absolute atomic E-state index is 11.7. The molecule has 22 heavy (non-hydrogen) atoms. The van der Waals surface area contributed by atoms with Crippen molar-refractivity contribution in [2.45, 2.75) is 6.92 Å². The molecule has 114 valence electrons. The van der Waals surface area contributed by atoms with Crippen LogP contribution >= 0.6 is 22.9 Å². The van der Waals surface area contributed by atoms with Crippen molar-refractivity contribution in [2.75, 3.05) is 24.5 Å². The van der Waals surface area contributed by atoms with Gasteiger partial charge < -0.3 is 10.2 Å². The topological polar surface area (TPSA) is 45.2 Å². The van der Waals surface area contributed by atoms with Crippen molar-refractivity contribution in [3.63, 3.8) is 0 Å². The van der Waals surface area contributed by atoms with E-state index in [4.69, 9.17) is 11.6 Å². The van der Waals surface area contributed by atoms with Crippen LogP contribution in [0.15, 0.2) is 35.8 Å². The molecular formula is C16H16ClN3OS. The van der Waals surface area contributed by atoms with Crippen molar-refractivity contribution in [2.24, 2.45) is 0 Å². The first-order valence-electron chi connectivity index (χ1n) is 6.89. The van der Waals surface area contributed by atoms with E-state index in [0.717, 1.165) is 17.2 Å². The number of rotatable bonds is 5. The predicted molar refractivity (Wildman–Crippen MR) is 91.3 cm³/mol. The number of likely N-dealkylation sites (N-methyl/N-ethyl adjacent to an activating group) is 1. The zero-order chi connectivity index (χ0) is 15.8. The maximum Gasteiger partial charge on any atom is 0.296 e. The molecule has 0 spiro atoms. The molecule has 6 heteroatoms. The highest BCUT2D eigenvalue weighted by Crippen LogP contribution is 2.16. The van der Waals surface area contributed by atoms with Gasteiger partial charge in [0, 0.05) is 47.7 Å². The monoisotopic (exact) mass is 333 g/mol. The van der Waals surface area contributed by atoms with Crippen LogP contribution in [0, 0.1) is 11.8 Å². The molecule has 0 saturated heterocycles. The van der Waals surface area contributed by atoms with Crippen LogP contribution in [-0.2, 0) is 4.79 Å². The normalized spacial score (nSPS) is 9.73. The summed E-state index contributed by atoms with van der Waals surface area (Å²) in [7, 11) is 0. The summed E-state index contributed by atoms with van der Waals surface area (Å²) in [6.07, 6.45) is 1.78. The molecule has 0 unspecified atom stereocenters. The van der Waals surface area contributed by atoms with Crippen LogP contribution in [0.2, 0.25) is 5.02 Å². The van der Waals surface area contributed by atoms with Crippen molar-refractivity contribution in [3.8, 4) is 11.8 Å². The highest BCUT2D eigenvalue weighted by molar-refractivity contribution is 7.13. The summed E-state index contributed by atoms with van der Waals surface area (Å²) in [5.74, 6) is 5.06. The first kappa shape index (κ1) is 16.3. The Balaban J connectivity index is 1.81. The smallest absolute Gasteiger partial charge is 0.296 e. The molecule has 4 nitrogen and oxygen atoms in total. The van der Waals surface area contributed by atoms with Crippen molar-refractivity contribution in [1.29, 1.82) is 0 Å². The summed E-state index contributed by atoms with van der Waals surface area (Å²) >= 11 is 7.45. The first-order chi connectivity index (χ1) is 10.7. The van der Waals surface area contributed by atoms with Crippen LogP contribution < -0.4 is 10.2 Å². The molecule has 0 aliphatic heterocycles. The molecule has 0 fully saturated rings. The number of nitrogens with one attached hydrogen (secondary N) is 1. The van der Waals surface area contributed by atoms with Gasteiger partial charge in [0.1, 0.15) is 0 Å². The number of nitrogens with zero attached hydrogens (tertiary/aromatic N) is 2. The van der Waals surface area contributed by atoms with Crippen LogP contribution in [0.25, 0.3) is 0 Å². The quantitative estimate of drug-likeness (QED) is 0.856. The van der Waals surface area contributed by atoms with E-state index in [-0.39, 0.29) is 5.91 Å². The van der Waals surface area contributed by atoms with E-state index in [1.807, 2.05) is 11.4 Å². The number of carbonyl (C=O) groups excluding carboxylic acids is 1. The Morgan fingerprint density at radius 3 is 3.05 bits per heavy atom. The lowest BCUT2D eigenvalue weighted by molar-refractivity contribution is -0.115. The average Bonchev–Trinajstić information content (AvgIpc) is 3.04. The summed E-state index contributed by atoms with van der Waals surface area (Å²) in [6, 6.07) is 7.11. The molecule has 0 saturated carbocycles. The second-order valence-corrected chi connectivity index (χ2v) is 5.72. The summed E-state index contributed by atoms with van der Waals surface area (Å²) in [6.45, 7) is 4.13. The fraction of sp³-hybridized carbons (Fsp3) is 0.250. The third-order valence-electron chi connectivity index (χ3n) is 2.88. The Morgan fingerprint density at radius 2 is 2.36 bits per heavy atom. The minimum absolute atomic E-state index is 0.296. The molecule has 0 radical (unpaired) electrons. The number of benzene rings is 1. The molecule has 0 atom stereocenters. The molecule has 1 aromatic heterocycles. The third kappa shape index (κ3) is 5.06. The Morgan fingerprint density at radius 1 is 1.50 bits per heavy atom. The van der Waals surface area contributed by atoms with Gasteiger partial charge in [-0.1, -0.05) is 23.6 Å². The van der Waals surface area contributed by atoms with Gasteiger partial charge in [0.15, 0.2) is 5.13 Å². The summed E-state index contributed by atoms with van der Waals surface area (Å²) in [4.78, 5) is 18.1. The number of amides is 1. The van der Waals surface area contributed by atoms with Gasteiger partial charge >= 0.3 is 0 Å². The van der Waals surface area contributed by atoms with E-state index < -0.39 is 0 Å². The minimum atomic E-state index is -0.296. The van der Waals surface area contributed by atoms with Gasteiger partial charge in [0.05, 0.1) is 0 Å². The van der Waals surface area contributed by atoms with Crippen LogP contribution in [0.3, 0.4) is 0 Å². The standard InChI is InChI=1S/C16H16ClN3OS/c1-2-20(16-19-9-11-22-16)10-8-18-15(21)7-6-13-4-3-5-14(17)12-13/h3-5,9,11-12H,2,8,10H2,1H3,(H,18,21). The van der Waals surface area contributed by atoms with Crippen molar-refractivity contribution in [3.05, 3.63) is 46.4 Å². The molecule has 1 N–H and O–H groups in total. The molecular weight excluding hydrogens is 318 g/mol. The lowest BCUT2D eigenvalue weighted by Crippen LogP contribution is -2.34. The first-order valence-corrected chi connectivity index (χ1v) is 8.14. The van der Waals surface area contributed by atoms with Crippen LogP contribution in [0.1, 0.15) is 12.5 Å². The number of hydrogen-bond donors (Lipinski definition) is 1. The summed E-state index contributed by atoms with van der Waals surface area (Å²) in [5, 5.41) is 6.29. The highest BCUT2D eigenvalue weighted by atomic mass is 35.5. The number of halogens is 1. The molecule has 0 aliphatic carbocycles. The largest absolute Gasteiger partial charge is 0.347 e. The van der Waals surface area contributed by atoms with Gasteiger partial charge in [-0.15, -0.1) is 11.3 Å². The average molecular weight is 334 g/mol. The molecule has 0 aliphatic rings. The Hall–Kier alpha value is -2.03. The number of anilines is 1. The second kappa shape index (κ2) is 8.42. The second-order valence-electron chi connectivity index (χ2n) is 4.41. The zero-order valence-corrected chi connectivity index (χ0v) is 13.7. The van der Waals surface area contributed by atoms with Gasteiger partial charge in [-0.25, -0.2) is 4.98 Å². The van der Waals surface area contributed by atoms with E-state index in [0.29, 0.717) is 18.1 Å². The highest BCUT2D eigenvalue weighted by Gasteiger charge is 2.06. The van der Waals surface area contributed by atoms with Gasteiger partial charge in [-0.2, -0.15) is 0 Å². The number of thiazole rings is 1. The molecule has 1 heterocycles. The Bertz CT molecular complexity index is 676. The van der Waals surface area contributed by atoms with Crippen molar-refractivity contribution >= 4 is 34.0 Å². The number of aromatic nitrogens is 1. The third-order valence-corrected chi connectivity index (χ3v) is 3.95. The van der Waals surface area contributed by atoms with Crippen LogP contribution in [0.5, 0.6) is 0 Å². The van der Waals surface area contributed by atoms with Gasteiger partial charge in [-0.3, -0.25) is 4.79 Å². The number of hydrogen-bond acceptors (Lipinski definition) is 4. The fourth-order valence-corrected chi connectivity index (χ4v) is 2.73. The maximum atomic E-state index is 11.7. The SMILES string of the molecule is CCN(CCNC(=O)C#Cc1cccc(Cl)c1)c1nccs1. The van der Waals surface area contributed by atoms with Crippen molar-refractivity contribution < 1.29 is 4.79 Å². The van der Waals surface area contributed by atoms with Crippen LogP contribution in [0.4, 0.5) is 5.13 Å². The minimum Gasteiger partial charge on any atom is -0.347 e. The summed E-state index contributed by atoms with van der Waals surface area (Å²) < 4.78 is 0. The lowest BCUT2D eigenvalue weighted by Gasteiger charge is -2.19. The van der Waals surface area contributed by atoms with Gasteiger partial charge in [0.25, 0.3) is 5.91 Å². The summed E-state index contributed by atoms with van der Waals surface area (Å²) in [5.41, 5.74) is 0.723. The molecule has 1 amide bonds. The van der Waals surface area contributed by atoms with E-state index >= 15 is 0 Å². The molecule has 0 bridgehead atoms. The lowest BCUT2D eigenvalue weighted by atomic mass is 10.2. The zero-order valence-electron chi connectivity index (χ0n) is 12.2. The van der Waals surface area contributed by atoms with Crippen molar-refractivity contribution in [1.82, 2.24) is 10.3 Å². The van der Waals surface area contributed by atoms with E-state index in [2.05, 4.69) is 34.0 Å². The van der Waals surface area contributed by atoms with Gasteiger partial charge in [0.2, 0.25) is 0 Å². The van der Waals surface area contributed by atoms with E-state index in [1.54, 1.807) is 35.7 Å². The van der Waals surface area contributed by atoms with E-state index in [9.17, 15) is 4.79 Å². The predicted octanol–water partition coefficient (Wildman–Crippen LogP) is 2.79. The molecule has 2 rings (SSSR count). The number of carbonyl (C=O) groups is 1. The molecule has 2 aromatic rings.